The lowest BCUT2D eigenvalue weighted by molar-refractivity contribution is 0.625. The first-order valence-corrected chi connectivity index (χ1v) is 17.7. The molecule has 0 fully saturated rings. The van der Waals surface area contributed by atoms with Crippen LogP contribution in [0.25, 0.3) is 44.2 Å². The molecule has 2 unspecified atom stereocenters. The summed E-state index contributed by atoms with van der Waals surface area (Å²) in [6.07, 6.45) is 5.33. The maximum atomic E-state index is 14.4. The number of fused-ring (bicyclic) bond motifs is 6. The van der Waals surface area contributed by atoms with Crippen LogP contribution in [0, 0.1) is 0 Å². The average Bonchev–Trinajstić information content (AvgIpc) is 3.75. The van der Waals surface area contributed by atoms with E-state index in [1.54, 1.807) is 12.2 Å². The summed E-state index contributed by atoms with van der Waals surface area (Å²) < 4.78 is 20.9. The molecule has 1 aliphatic heterocycles. The predicted octanol–water partition coefficient (Wildman–Crippen LogP) is 13.4. The van der Waals surface area contributed by atoms with Crippen LogP contribution in [0.4, 0.5) is 32.8 Å². The summed E-state index contributed by atoms with van der Waals surface area (Å²) in [5, 5.41) is 2.19. The number of anilines is 5. The molecule has 10 rings (SSSR count). The number of hydrogen-bond donors (Lipinski definition) is 0. The molecule has 0 radical (unpaired) electrons. The van der Waals surface area contributed by atoms with Gasteiger partial charge in [-0.2, -0.15) is 0 Å². The van der Waals surface area contributed by atoms with Crippen molar-refractivity contribution in [3.05, 3.63) is 199 Å². The Balaban J connectivity index is 1.05. The Labute approximate surface area is 301 Å². The van der Waals surface area contributed by atoms with Gasteiger partial charge in [0.1, 0.15) is 11.4 Å². The van der Waals surface area contributed by atoms with Gasteiger partial charge in [0.05, 0.1) is 11.7 Å². The lowest BCUT2D eigenvalue weighted by Crippen LogP contribution is -2.28. The van der Waals surface area contributed by atoms with Crippen LogP contribution in [0.3, 0.4) is 0 Å². The molecule has 52 heavy (non-hydrogen) atoms. The highest BCUT2D eigenvalue weighted by Gasteiger charge is 2.38. The zero-order valence-corrected chi connectivity index (χ0v) is 28.2. The molecule has 0 saturated carbocycles. The number of halogens is 1. The molecule has 7 aromatic carbocycles. The molecule has 0 bridgehead atoms. The predicted molar refractivity (Wildman–Crippen MR) is 213 cm³/mol. The van der Waals surface area contributed by atoms with E-state index in [-0.39, 0.29) is 17.8 Å². The Morgan fingerprint density at radius 3 is 2.00 bits per heavy atom. The Bertz CT molecular complexity index is 2660. The van der Waals surface area contributed by atoms with Crippen LogP contribution < -0.4 is 9.80 Å². The number of furan rings is 1. The maximum Gasteiger partial charge on any atom is 0.159 e. The topological polar surface area (TPSA) is 19.6 Å². The van der Waals surface area contributed by atoms with Gasteiger partial charge in [0.2, 0.25) is 0 Å². The first-order valence-electron chi connectivity index (χ1n) is 17.7. The second-order valence-electron chi connectivity index (χ2n) is 13.5. The van der Waals surface area contributed by atoms with E-state index in [4.69, 9.17) is 4.42 Å². The Kier molecular flexibility index (Phi) is 7.14. The molecule has 0 amide bonds. The third-order valence-corrected chi connectivity index (χ3v) is 10.5. The van der Waals surface area contributed by atoms with Gasteiger partial charge in [-0.1, -0.05) is 121 Å². The number of allylic oxidation sites excluding steroid dienone is 2. The summed E-state index contributed by atoms with van der Waals surface area (Å²) in [6, 6.07) is 59.6. The number of hydrogen-bond acceptors (Lipinski definition) is 3. The van der Waals surface area contributed by atoms with Gasteiger partial charge in [-0.05, 0) is 94.6 Å². The number of rotatable bonds is 6. The summed E-state index contributed by atoms with van der Waals surface area (Å²) in [7, 11) is 0. The highest BCUT2D eigenvalue weighted by Crippen LogP contribution is 2.49. The second kappa shape index (κ2) is 12.3. The van der Waals surface area contributed by atoms with Gasteiger partial charge in [-0.15, -0.1) is 0 Å². The van der Waals surface area contributed by atoms with Crippen LogP contribution in [0.5, 0.6) is 0 Å². The molecule has 4 heteroatoms. The molecule has 0 N–H and O–H groups in total. The molecule has 2 atom stereocenters. The molecular weight excluding hydrogens is 640 g/mol. The maximum absolute atomic E-state index is 14.4. The Hall–Kier alpha value is -6.65. The van der Waals surface area contributed by atoms with E-state index in [0.29, 0.717) is 0 Å². The molecule has 248 valence electrons. The summed E-state index contributed by atoms with van der Waals surface area (Å²) in [5.41, 5.74) is 12.7. The van der Waals surface area contributed by atoms with Crippen molar-refractivity contribution in [3.63, 3.8) is 0 Å². The second-order valence-corrected chi connectivity index (χ2v) is 13.5. The van der Waals surface area contributed by atoms with Crippen molar-refractivity contribution in [1.82, 2.24) is 0 Å². The van der Waals surface area contributed by atoms with E-state index in [1.807, 2.05) is 30.3 Å². The lowest BCUT2D eigenvalue weighted by atomic mass is 9.91. The summed E-state index contributed by atoms with van der Waals surface area (Å²) in [4.78, 5) is 4.62. The smallest absolute Gasteiger partial charge is 0.159 e. The number of benzene rings is 7. The van der Waals surface area contributed by atoms with Crippen LogP contribution in [0.1, 0.15) is 11.5 Å². The fourth-order valence-corrected chi connectivity index (χ4v) is 8.02. The van der Waals surface area contributed by atoms with E-state index in [0.717, 1.165) is 67.1 Å². The van der Waals surface area contributed by atoms with Crippen molar-refractivity contribution in [2.24, 2.45) is 0 Å². The van der Waals surface area contributed by atoms with E-state index >= 15 is 0 Å². The van der Waals surface area contributed by atoms with Gasteiger partial charge in [0.15, 0.2) is 5.58 Å². The number of nitrogens with zero attached hydrogens (tertiary/aromatic N) is 2. The van der Waals surface area contributed by atoms with Gasteiger partial charge in [-0.3, -0.25) is 0 Å². The first kappa shape index (κ1) is 30.2. The monoisotopic (exact) mass is 672 g/mol. The zero-order valence-electron chi connectivity index (χ0n) is 28.2. The van der Waals surface area contributed by atoms with Crippen molar-refractivity contribution in [3.8, 4) is 22.3 Å². The van der Waals surface area contributed by atoms with Crippen molar-refractivity contribution in [1.29, 1.82) is 0 Å². The fourth-order valence-electron chi connectivity index (χ4n) is 8.02. The van der Waals surface area contributed by atoms with Crippen molar-refractivity contribution < 1.29 is 8.81 Å². The quantitative estimate of drug-likeness (QED) is 0.175. The molecule has 1 aliphatic carbocycles. The average molecular weight is 673 g/mol. The molecule has 0 saturated heterocycles. The van der Waals surface area contributed by atoms with Crippen LogP contribution in [-0.2, 0) is 0 Å². The SMILES string of the molecule is FC1=CC2c3ccccc3N(c3cccc(-c4ccc(N(c5ccc(-c6ccccc6)cc5)c5cccc6c5oc5ccccc56)cc4)c3)C2C=C1. The van der Waals surface area contributed by atoms with Crippen LogP contribution in [0.15, 0.2) is 198 Å². The molecule has 1 aromatic heterocycles. The van der Waals surface area contributed by atoms with Crippen molar-refractivity contribution in [2.75, 3.05) is 9.80 Å². The molecule has 2 heterocycles. The summed E-state index contributed by atoms with van der Waals surface area (Å²) in [6.45, 7) is 0. The number of para-hydroxylation sites is 3. The minimum Gasteiger partial charge on any atom is -0.454 e. The van der Waals surface area contributed by atoms with E-state index in [2.05, 4.69) is 155 Å². The largest absolute Gasteiger partial charge is 0.454 e. The minimum absolute atomic E-state index is 0.0203. The standard InChI is InChI=1S/C48H33FN2O/c49-36-24-29-45-43(31-36)40-14-4-6-17-44(40)51(45)39-13-8-12-35(30-39)34-22-27-38(28-23-34)50(37-25-20-33(21-26-37)32-10-2-1-3-11-32)46-18-9-16-42-41-15-5-7-19-47(41)52-48(42)46/h1-31,43,45H. The highest BCUT2D eigenvalue weighted by atomic mass is 19.1. The Morgan fingerprint density at radius 2 is 1.19 bits per heavy atom. The van der Waals surface area contributed by atoms with Crippen LogP contribution >= 0.6 is 0 Å². The highest BCUT2D eigenvalue weighted by molar-refractivity contribution is 6.10. The van der Waals surface area contributed by atoms with Gasteiger partial charge in [0.25, 0.3) is 0 Å². The lowest BCUT2D eigenvalue weighted by Gasteiger charge is -2.29. The molecular formula is C48H33FN2O. The van der Waals surface area contributed by atoms with Gasteiger partial charge >= 0.3 is 0 Å². The zero-order chi connectivity index (χ0) is 34.6. The minimum atomic E-state index is -0.176. The molecule has 8 aromatic rings. The first-order chi connectivity index (χ1) is 25.7. The van der Waals surface area contributed by atoms with E-state index in [9.17, 15) is 4.39 Å². The van der Waals surface area contributed by atoms with Crippen molar-refractivity contribution in [2.45, 2.75) is 12.0 Å². The fraction of sp³-hybridized carbons (Fsp3) is 0.0417. The van der Waals surface area contributed by atoms with Crippen molar-refractivity contribution >= 4 is 50.4 Å². The molecule has 2 aliphatic rings. The summed E-state index contributed by atoms with van der Waals surface area (Å²) in [5.74, 6) is -0.197. The van der Waals surface area contributed by atoms with Gasteiger partial charge in [0, 0.05) is 39.4 Å². The van der Waals surface area contributed by atoms with E-state index in [1.165, 1.54) is 11.1 Å². The molecule has 3 nitrogen and oxygen atoms in total. The molecule has 0 spiro atoms. The van der Waals surface area contributed by atoms with Crippen LogP contribution in [0.2, 0.25) is 0 Å². The van der Waals surface area contributed by atoms with E-state index < -0.39 is 0 Å². The Morgan fingerprint density at radius 1 is 0.558 bits per heavy atom. The third kappa shape index (κ3) is 5.03. The third-order valence-electron chi connectivity index (χ3n) is 10.5. The summed E-state index contributed by atoms with van der Waals surface area (Å²) >= 11 is 0. The normalized spacial score (nSPS) is 16.2. The van der Waals surface area contributed by atoms with Gasteiger partial charge < -0.3 is 14.2 Å². The van der Waals surface area contributed by atoms with Crippen LogP contribution in [-0.4, -0.2) is 6.04 Å². The van der Waals surface area contributed by atoms with Gasteiger partial charge in [-0.25, -0.2) is 4.39 Å².